The van der Waals surface area contributed by atoms with Crippen LogP contribution in [0.25, 0.3) is 10.3 Å². The van der Waals surface area contributed by atoms with Crippen molar-refractivity contribution in [2.75, 3.05) is 18.4 Å². The standard InChI is InChI=1S/C29H28N6OS2/c1-2-7-20(8-3-1)19-36-25-17-22(18-33-27(25)35-29-34-24-10-6-14-32-28(24)38-29)37-26(21-11-15-30-16-12-21)23-9-4-5-13-31-23/h1-10,13-14,17-18,21,26,30H,11-12,15-16,19H2,(H,33,34,35). The second-order valence-corrected chi connectivity index (χ2v) is 11.3. The molecule has 192 valence electrons. The molecule has 4 aromatic heterocycles. The molecule has 5 heterocycles. The first-order valence-corrected chi connectivity index (χ1v) is 14.4. The Kier molecular flexibility index (Phi) is 7.76. The molecule has 0 radical (unpaired) electrons. The first-order chi connectivity index (χ1) is 18.8. The summed E-state index contributed by atoms with van der Waals surface area (Å²) in [5.41, 5.74) is 3.07. The lowest BCUT2D eigenvalue weighted by Crippen LogP contribution is -2.30. The number of fused-ring (bicyclic) bond motifs is 1. The maximum Gasteiger partial charge on any atom is 0.191 e. The first-order valence-electron chi connectivity index (χ1n) is 12.8. The second-order valence-electron chi connectivity index (χ2n) is 9.14. The van der Waals surface area contributed by atoms with Crippen LogP contribution in [-0.4, -0.2) is 33.0 Å². The summed E-state index contributed by atoms with van der Waals surface area (Å²) in [5, 5.41) is 7.84. The van der Waals surface area contributed by atoms with Crippen LogP contribution in [-0.2, 0) is 6.61 Å². The summed E-state index contributed by atoms with van der Waals surface area (Å²) in [4.78, 5) is 20.5. The molecule has 2 N–H and O–H groups in total. The van der Waals surface area contributed by atoms with Crippen molar-refractivity contribution >= 4 is 44.4 Å². The van der Waals surface area contributed by atoms with Gasteiger partial charge in [0.15, 0.2) is 16.7 Å². The molecule has 0 amide bonds. The van der Waals surface area contributed by atoms with E-state index >= 15 is 0 Å². The number of nitrogens with one attached hydrogen (secondary N) is 2. The second kappa shape index (κ2) is 11.9. The van der Waals surface area contributed by atoms with Gasteiger partial charge in [-0.25, -0.2) is 15.0 Å². The lowest BCUT2D eigenvalue weighted by atomic mass is 9.92. The molecule has 1 aliphatic rings. The molecular formula is C29H28N6OS2. The lowest BCUT2D eigenvalue weighted by Gasteiger charge is -2.30. The molecule has 1 aromatic carbocycles. The topological polar surface area (TPSA) is 84.9 Å². The number of rotatable bonds is 9. The molecule has 5 aromatic rings. The van der Waals surface area contributed by atoms with E-state index in [4.69, 9.17) is 14.7 Å². The third-order valence-corrected chi connectivity index (χ3v) is 8.78. The molecule has 0 spiro atoms. The fourth-order valence-electron chi connectivity index (χ4n) is 4.59. The van der Waals surface area contributed by atoms with Crippen LogP contribution in [0.5, 0.6) is 5.75 Å². The molecular weight excluding hydrogens is 512 g/mol. The highest BCUT2D eigenvalue weighted by Crippen LogP contribution is 2.44. The SMILES string of the molecule is c1ccc(COc2cc(SC(c3ccccn3)C3CCNCC3)cnc2Nc2nc3cccnc3s2)cc1. The van der Waals surface area contributed by atoms with Crippen molar-refractivity contribution in [2.45, 2.75) is 29.6 Å². The van der Waals surface area contributed by atoms with Crippen LogP contribution in [0, 0.1) is 5.92 Å². The number of anilines is 2. The molecule has 1 atom stereocenters. The number of pyridine rings is 3. The number of benzene rings is 1. The third kappa shape index (κ3) is 5.96. The quantitative estimate of drug-likeness (QED) is 0.201. The number of thiazole rings is 1. The summed E-state index contributed by atoms with van der Waals surface area (Å²) in [7, 11) is 0. The van der Waals surface area contributed by atoms with Gasteiger partial charge >= 0.3 is 0 Å². The Bertz CT molecular complexity index is 1440. The number of hydrogen-bond acceptors (Lipinski definition) is 9. The van der Waals surface area contributed by atoms with Gasteiger partial charge in [-0.1, -0.05) is 47.7 Å². The van der Waals surface area contributed by atoms with Crippen molar-refractivity contribution in [2.24, 2.45) is 5.92 Å². The van der Waals surface area contributed by atoms with E-state index in [9.17, 15) is 0 Å². The van der Waals surface area contributed by atoms with Crippen molar-refractivity contribution in [3.63, 3.8) is 0 Å². The molecule has 1 fully saturated rings. The monoisotopic (exact) mass is 540 g/mol. The number of ether oxygens (including phenoxy) is 1. The van der Waals surface area contributed by atoms with Crippen LogP contribution in [0.15, 0.2) is 90.2 Å². The number of hydrogen-bond donors (Lipinski definition) is 2. The Hall–Kier alpha value is -3.53. The minimum atomic E-state index is 0.246. The van der Waals surface area contributed by atoms with E-state index in [0.717, 1.165) is 57.6 Å². The predicted octanol–water partition coefficient (Wildman–Crippen LogP) is 6.64. The van der Waals surface area contributed by atoms with Crippen molar-refractivity contribution in [3.8, 4) is 5.75 Å². The summed E-state index contributed by atoms with van der Waals surface area (Å²) in [5.74, 6) is 1.87. The Morgan fingerprint density at radius 1 is 0.974 bits per heavy atom. The van der Waals surface area contributed by atoms with Gasteiger partial charge in [0.2, 0.25) is 0 Å². The van der Waals surface area contributed by atoms with E-state index < -0.39 is 0 Å². The van der Waals surface area contributed by atoms with E-state index in [1.54, 1.807) is 6.20 Å². The highest BCUT2D eigenvalue weighted by Gasteiger charge is 2.27. The minimum absolute atomic E-state index is 0.246. The molecule has 9 heteroatoms. The minimum Gasteiger partial charge on any atom is -0.485 e. The van der Waals surface area contributed by atoms with Gasteiger partial charge < -0.3 is 15.4 Å². The van der Waals surface area contributed by atoms with Gasteiger partial charge in [0.1, 0.15) is 17.0 Å². The summed E-state index contributed by atoms with van der Waals surface area (Å²) in [6.45, 7) is 2.53. The van der Waals surface area contributed by atoms with E-state index in [-0.39, 0.29) is 5.25 Å². The smallest absolute Gasteiger partial charge is 0.191 e. The number of thioether (sulfide) groups is 1. The molecule has 1 unspecified atom stereocenters. The Balaban J connectivity index is 1.29. The van der Waals surface area contributed by atoms with Crippen LogP contribution in [0.2, 0.25) is 0 Å². The Morgan fingerprint density at radius 2 is 1.82 bits per heavy atom. The third-order valence-electron chi connectivity index (χ3n) is 6.51. The molecule has 1 aliphatic heterocycles. The highest BCUT2D eigenvalue weighted by atomic mass is 32.2. The van der Waals surface area contributed by atoms with Crippen LogP contribution < -0.4 is 15.4 Å². The Labute approximate surface area is 230 Å². The average Bonchev–Trinajstić information content (AvgIpc) is 3.40. The van der Waals surface area contributed by atoms with E-state index in [2.05, 4.69) is 50.9 Å². The number of nitrogens with zero attached hydrogens (tertiary/aromatic N) is 4. The van der Waals surface area contributed by atoms with Gasteiger partial charge in [-0.2, -0.15) is 0 Å². The first kappa shape index (κ1) is 24.8. The molecule has 0 saturated carbocycles. The summed E-state index contributed by atoms with van der Waals surface area (Å²) in [6, 6.07) is 22.3. The maximum atomic E-state index is 6.34. The van der Waals surface area contributed by atoms with Gasteiger partial charge in [0.05, 0.1) is 10.9 Å². The zero-order valence-corrected chi connectivity index (χ0v) is 22.4. The molecule has 0 aliphatic carbocycles. The Morgan fingerprint density at radius 3 is 2.63 bits per heavy atom. The van der Waals surface area contributed by atoms with E-state index in [1.165, 1.54) is 11.3 Å². The summed E-state index contributed by atoms with van der Waals surface area (Å²) in [6.07, 6.45) is 7.85. The van der Waals surface area contributed by atoms with E-state index in [1.807, 2.05) is 60.6 Å². The summed E-state index contributed by atoms with van der Waals surface area (Å²) >= 11 is 3.32. The highest BCUT2D eigenvalue weighted by molar-refractivity contribution is 7.99. The predicted molar refractivity (Wildman–Crippen MR) is 154 cm³/mol. The van der Waals surface area contributed by atoms with E-state index in [0.29, 0.717) is 24.1 Å². The molecule has 6 rings (SSSR count). The van der Waals surface area contributed by atoms with Gasteiger partial charge in [-0.05, 0) is 67.7 Å². The molecule has 1 saturated heterocycles. The van der Waals surface area contributed by atoms with Crippen LogP contribution in [0.4, 0.5) is 10.9 Å². The van der Waals surface area contributed by atoms with Gasteiger partial charge in [-0.15, -0.1) is 11.8 Å². The van der Waals surface area contributed by atoms with Crippen molar-refractivity contribution < 1.29 is 4.74 Å². The molecule has 0 bridgehead atoms. The maximum absolute atomic E-state index is 6.34. The lowest BCUT2D eigenvalue weighted by molar-refractivity contribution is 0.306. The van der Waals surface area contributed by atoms with Gasteiger partial charge in [0, 0.05) is 23.5 Å². The van der Waals surface area contributed by atoms with Crippen LogP contribution in [0.1, 0.15) is 29.3 Å². The fraction of sp³-hybridized carbons (Fsp3) is 0.241. The molecule has 7 nitrogen and oxygen atoms in total. The zero-order chi connectivity index (χ0) is 25.6. The van der Waals surface area contributed by atoms with Gasteiger partial charge in [0.25, 0.3) is 0 Å². The largest absolute Gasteiger partial charge is 0.485 e. The average molecular weight is 541 g/mol. The number of piperidine rings is 1. The fourth-order valence-corrected chi connectivity index (χ4v) is 6.70. The number of aromatic nitrogens is 4. The van der Waals surface area contributed by atoms with Crippen molar-refractivity contribution in [1.29, 1.82) is 0 Å². The van der Waals surface area contributed by atoms with Crippen LogP contribution >= 0.6 is 23.1 Å². The van der Waals surface area contributed by atoms with Crippen molar-refractivity contribution in [1.82, 2.24) is 25.3 Å². The molecule has 38 heavy (non-hydrogen) atoms. The zero-order valence-electron chi connectivity index (χ0n) is 20.8. The van der Waals surface area contributed by atoms with Crippen LogP contribution in [0.3, 0.4) is 0 Å². The normalized spacial score (nSPS) is 14.8. The van der Waals surface area contributed by atoms with Crippen molar-refractivity contribution in [3.05, 3.63) is 96.6 Å². The summed E-state index contributed by atoms with van der Waals surface area (Å²) < 4.78 is 6.34. The van der Waals surface area contributed by atoms with Gasteiger partial charge in [-0.3, -0.25) is 4.98 Å².